The Hall–Kier alpha value is -3.27. The van der Waals surface area contributed by atoms with E-state index in [-0.39, 0.29) is 10.6 Å². The van der Waals surface area contributed by atoms with Crippen molar-refractivity contribution in [2.45, 2.75) is 38.7 Å². The molecule has 3 heterocycles. The molecule has 0 saturated heterocycles. The Balaban J connectivity index is 1.89. The normalized spacial score (nSPS) is 19.1. The predicted octanol–water partition coefficient (Wildman–Crippen LogP) is 3.51. The summed E-state index contributed by atoms with van der Waals surface area (Å²) in [6.07, 6.45) is -3.42. The molecule has 1 amide bonds. The number of carbonyl (C=O) groups is 1. The van der Waals surface area contributed by atoms with E-state index in [9.17, 15) is 23.1 Å². The summed E-state index contributed by atoms with van der Waals surface area (Å²) >= 11 is 0. The quantitative estimate of drug-likeness (QED) is 0.707. The van der Waals surface area contributed by atoms with Crippen LogP contribution in [-0.4, -0.2) is 48.9 Å². The summed E-state index contributed by atoms with van der Waals surface area (Å²) in [5.41, 5.74) is -1.13. The van der Waals surface area contributed by atoms with Crippen LogP contribution in [-0.2, 0) is 6.54 Å². The second-order valence-corrected chi connectivity index (χ2v) is 6.97. The van der Waals surface area contributed by atoms with Crippen molar-refractivity contribution >= 4 is 23.0 Å². The second-order valence-electron chi connectivity index (χ2n) is 6.97. The fourth-order valence-electron chi connectivity index (χ4n) is 3.51. The molecule has 0 saturated carbocycles. The third kappa shape index (κ3) is 2.95. The van der Waals surface area contributed by atoms with E-state index < -0.39 is 24.2 Å². The van der Waals surface area contributed by atoms with E-state index in [1.165, 1.54) is 6.07 Å². The number of rotatable bonds is 3. The first-order valence-electron chi connectivity index (χ1n) is 9.26. The van der Waals surface area contributed by atoms with Crippen LogP contribution in [0.25, 0.3) is 22.2 Å². The number of benzene rings is 1. The molecule has 10 heteroatoms. The highest BCUT2D eigenvalue weighted by molar-refractivity contribution is 6.07. The summed E-state index contributed by atoms with van der Waals surface area (Å²) < 4.78 is 42.2. The highest BCUT2D eigenvalue weighted by atomic mass is 19.4. The van der Waals surface area contributed by atoms with Crippen molar-refractivity contribution in [3.8, 4) is 11.3 Å². The second kappa shape index (κ2) is 6.91. The fraction of sp³-hybridized carbons (Fsp3) is 0.300. The topological polar surface area (TPSA) is 83.6 Å². The van der Waals surface area contributed by atoms with Crippen molar-refractivity contribution in [3.63, 3.8) is 0 Å². The van der Waals surface area contributed by atoms with E-state index in [0.29, 0.717) is 28.7 Å². The molecule has 156 valence electrons. The van der Waals surface area contributed by atoms with Crippen LogP contribution < -0.4 is 0 Å². The average molecular weight is 417 g/mol. The summed E-state index contributed by atoms with van der Waals surface area (Å²) in [5.74, 6) is -1.07. The van der Waals surface area contributed by atoms with E-state index in [2.05, 4.69) is 15.2 Å². The molecular weight excluding hydrogens is 399 g/mol. The van der Waals surface area contributed by atoms with Gasteiger partial charge in [-0.25, -0.2) is 4.98 Å². The van der Waals surface area contributed by atoms with Gasteiger partial charge in [-0.05, 0) is 26.0 Å². The van der Waals surface area contributed by atoms with E-state index in [4.69, 9.17) is 0 Å². The molecule has 0 radical (unpaired) electrons. The molecule has 1 atom stereocenters. The lowest BCUT2D eigenvalue weighted by Crippen LogP contribution is -2.56. The number of hydrogen-bond acceptors (Lipinski definition) is 5. The van der Waals surface area contributed by atoms with Gasteiger partial charge in [-0.1, -0.05) is 18.2 Å². The number of alkyl halides is 3. The molecule has 0 aliphatic carbocycles. The maximum Gasteiger partial charge on any atom is 0.438 e. The molecule has 0 fully saturated rings. The molecule has 2 aromatic heterocycles. The predicted molar refractivity (Wildman–Crippen MR) is 104 cm³/mol. The van der Waals surface area contributed by atoms with Crippen molar-refractivity contribution in [2.24, 2.45) is 5.10 Å². The van der Waals surface area contributed by atoms with Gasteiger partial charge in [0.1, 0.15) is 0 Å². The average Bonchev–Trinajstić information content (AvgIpc) is 3.29. The van der Waals surface area contributed by atoms with Gasteiger partial charge in [-0.2, -0.15) is 28.4 Å². The Labute approximate surface area is 169 Å². The molecule has 1 N–H and O–H groups in total. The van der Waals surface area contributed by atoms with Crippen LogP contribution in [0.3, 0.4) is 0 Å². The van der Waals surface area contributed by atoms with Crippen LogP contribution in [0.5, 0.6) is 0 Å². The third-order valence-electron chi connectivity index (χ3n) is 5.20. The molecule has 4 rings (SSSR count). The minimum atomic E-state index is -5.07. The van der Waals surface area contributed by atoms with Crippen LogP contribution in [0.4, 0.5) is 13.2 Å². The number of aromatic nitrogens is 3. The lowest BCUT2D eigenvalue weighted by atomic mass is 10.0. The van der Waals surface area contributed by atoms with Crippen LogP contribution in [0.15, 0.2) is 41.6 Å². The van der Waals surface area contributed by atoms with Crippen LogP contribution in [0, 0.1) is 6.92 Å². The molecule has 1 aliphatic heterocycles. The van der Waals surface area contributed by atoms with Gasteiger partial charge in [0.15, 0.2) is 0 Å². The Morgan fingerprint density at radius 1 is 1.30 bits per heavy atom. The molecule has 0 bridgehead atoms. The Kier molecular flexibility index (Phi) is 4.61. The number of hydrogen-bond donors (Lipinski definition) is 1. The van der Waals surface area contributed by atoms with Gasteiger partial charge in [-0.15, -0.1) is 0 Å². The fourth-order valence-corrected chi connectivity index (χ4v) is 3.51. The minimum absolute atomic E-state index is 0.0408. The number of pyridine rings is 1. The van der Waals surface area contributed by atoms with Gasteiger partial charge in [0, 0.05) is 35.8 Å². The number of carbonyl (C=O) groups excluding carboxylic acids is 1. The zero-order valence-corrected chi connectivity index (χ0v) is 16.2. The summed E-state index contributed by atoms with van der Waals surface area (Å²) in [5, 5.41) is 18.4. The molecule has 1 aliphatic rings. The van der Waals surface area contributed by atoms with Crippen molar-refractivity contribution in [1.29, 1.82) is 0 Å². The molecule has 3 aromatic rings. The van der Waals surface area contributed by atoms with Crippen LogP contribution in [0.2, 0.25) is 0 Å². The lowest BCUT2D eigenvalue weighted by Gasteiger charge is -2.32. The zero-order valence-electron chi connectivity index (χ0n) is 16.2. The Morgan fingerprint density at radius 3 is 2.70 bits per heavy atom. The molecule has 1 aromatic carbocycles. The van der Waals surface area contributed by atoms with Gasteiger partial charge in [0.2, 0.25) is 0 Å². The van der Waals surface area contributed by atoms with Crippen molar-refractivity contribution in [2.75, 3.05) is 0 Å². The Bertz CT molecular complexity index is 1170. The summed E-state index contributed by atoms with van der Waals surface area (Å²) in [4.78, 5) is 17.7. The van der Waals surface area contributed by atoms with E-state index in [1.54, 1.807) is 35.1 Å². The van der Waals surface area contributed by atoms with Gasteiger partial charge in [-0.3, -0.25) is 9.48 Å². The van der Waals surface area contributed by atoms with Crippen LogP contribution in [0.1, 0.15) is 29.4 Å². The molecular formula is C20H18F3N5O2. The van der Waals surface area contributed by atoms with Gasteiger partial charge >= 0.3 is 6.18 Å². The van der Waals surface area contributed by atoms with E-state index >= 15 is 0 Å². The summed E-state index contributed by atoms with van der Waals surface area (Å²) in [6.45, 7) is 4.40. The largest absolute Gasteiger partial charge is 0.438 e. The number of para-hydroxylation sites is 1. The molecule has 7 nitrogen and oxygen atoms in total. The van der Waals surface area contributed by atoms with Crippen molar-refractivity contribution in [3.05, 3.63) is 47.8 Å². The summed E-state index contributed by atoms with van der Waals surface area (Å²) in [7, 11) is 0. The number of halogens is 3. The van der Waals surface area contributed by atoms with E-state index in [0.717, 1.165) is 11.9 Å². The monoisotopic (exact) mass is 417 g/mol. The van der Waals surface area contributed by atoms with E-state index in [1.807, 2.05) is 13.8 Å². The molecule has 30 heavy (non-hydrogen) atoms. The van der Waals surface area contributed by atoms with Crippen LogP contribution >= 0.6 is 0 Å². The SMILES string of the molecule is CCn1ncc(-c2cc(C(=O)N3N=CCC3(O)C(F)(F)F)c3ccccc3n2)c1C. The maximum absolute atomic E-state index is 13.5. The molecule has 0 spiro atoms. The lowest BCUT2D eigenvalue weighted by molar-refractivity contribution is -0.297. The first kappa shape index (κ1) is 20.0. The number of hydrazone groups is 1. The number of amides is 1. The number of nitrogens with zero attached hydrogens (tertiary/aromatic N) is 5. The highest BCUT2D eigenvalue weighted by Crippen LogP contribution is 2.40. The zero-order chi connectivity index (χ0) is 21.7. The number of fused-ring (bicyclic) bond motifs is 1. The third-order valence-corrected chi connectivity index (χ3v) is 5.20. The highest BCUT2D eigenvalue weighted by Gasteiger charge is 2.61. The van der Waals surface area contributed by atoms with Crippen molar-refractivity contribution in [1.82, 2.24) is 19.8 Å². The van der Waals surface area contributed by atoms with Crippen molar-refractivity contribution < 1.29 is 23.1 Å². The Morgan fingerprint density at radius 2 is 2.03 bits per heavy atom. The standard InChI is InChI=1S/C20H18F3N5O2/c1-3-27-12(2)15(11-25-27)17-10-14(13-6-4-5-7-16(13)26-17)18(29)28-19(30,8-9-24-28)20(21,22)23/h4-7,9-11,30H,3,8H2,1-2H3. The number of aliphatic hydroxyl groups is 1. The first-order valence-corrected chi connectivity index (χ1v) is 9.26. The van der Waals surface area contributed by atoms with Gasteiger partial charge < -0.3 is 5.11 Å². The van der Waals surface area contributed by atoms with Gasteiger partial charge in [0.25, 0.3) is 11.6 Å². The smallest absolute Gasteiger partial charge is 0.362 e. The summed E-state index contributed by atoms with van der Waals surface area (Å²) in [6, 6.07) is 8.05. The number of aryl methyl sites for hydroxylation is 1. The first-order chi connectivity index (χ1) is 14.2. The molecule has 1 unspecified atom stereocenters. The minimum Gasteiger partial charge on any atom is -0.362 e. The van der Waals surface area contributed by atoms with Gasteiger partial charge in [0.05, 0.1) is 23.0 Å². The maximum atomic E-state index is 13.5.